The lowest BCUT2D eigenvalue weighted by Crippen LogP contribution is -2.17. The highest BCUT2D eigenvalue weighted by Gasteiger charge is 2.20. The summed E-state index contributed by atoms with van der Waals surface area (Å²) in [6, 6.07) is 4.34. The molecule has 0 saturated carbocycles. The van der Waals surface area contributed by atoms with Crippen LogP contribution in [0.25, 0.3) is 0 Å². The number of aromatic nitrogens is 1. The van der Waals surface area contributed by atoms with Gasteiger partial charge in [-0.25, -0.2) is 14.9 Å². The summed E-state index contributed by atoms with van der Waals surface area (Å²) in [5, 5.41) is 11.9. The number of carbonyl (C=O) groups excluding carboxylic acids is 1. The van der Waals surface area contributed by atoms with Crippen molar-refractivity contribution in [3.8, 4) is 5.75 Å². The van der Waals surface area contributed by atoms with Gasteiger partial charge in [-0.15, -0.1) is 0 Å². The molecule has 7 nitrogen and oxygen atoms in total. The molecule has 30 heavy (non-hydrogen) atoms. The number of rotatable bonds is 11. The molecule has 2 aromatic rings. The van der Waals surface area contributed by atoms with Crippen molar-refractivity contribution >= 4 is 40.6 Å². The Hall–Kier alpha value is -2.29. The topological polar surface area (TPSA) is 110 Å². The van der Waals surface area contributed by atoms with Gasteiger partial charge in [0.2, 0.25) is 5.91 Å². The van der Waals surface area contributed by atoms with Crippen molar-refractivity contribution in [1.29, 1.82) is 0 Å². The molecule has 0 radical (unpaired) electrons. The van der Waals surface area contributed by atoms with Gasteiger partial charge in [0, 0.05) is 29.6 Å². The van der Waals surface area contributed by atoms with E-state index in [1.165, 1.54) is 12.1 Å². The molecule has 5 N–H and O–H groups in total. The third-order valence-corrected chi connectivity index (χ3v) is 5.17. The first-order valence-corrected chi connectivity index (χ1v) is 10.3. The number of ether oxygens (including phenoxy) is 1. The highest BCUT2D eigenvalue weighted by Crippen LogP contribution is 2.36. The second-order valence-corrected chi connectivity index (χ2v) is 7.54. The second-order valence-electron chi connectivity index (χ2n) is 6.75. The Labute approximate surface area is 184 Å². The summed E-state index contributed by atoms with van der Waals surface area (Å²) in [6.07, 6.45) is 4.70. The molecule has 0 fully saturated rings. The summed E-state index contributed by atoms with van der Waals surface area (Å²) < 4.78 is 19.6. The van der Waals surface area contributed by atoms with Crippen molar-refractivity contribution in [2.45, 2.75) is 45.1 Å². The third-order valence-electron chi connectivity index (χ3n) is 4.46. The quantitative estimate of drug-likeness (QED) is 0.161. The number of nitrogens with zero attached hydrogens (tertiary/aromatic N) is 1. The number of anilines is 2. The summed E-state index contributed by atoms with van der Waals surface area (Å²) >= 11 is 12.2. The predicted octanol–water partition coefficient (Wildman–Crippen LogP) is 5.12. The summed E-state index contributed by atoms with van der Waals surface area (Å²) in [4.78, 5) is 15.1. The van der Waals surface area contributed by atoms with Crippen LogP contribution < -0.4 is 21.3 Å². The zero-order valence-corrected chi connectivity index (χ0v) is 18.1. The minimum Gasteiger partial charge on any atom is -0.482 e. The van der Waals surface area contributed by atoms with Crippen LogP contribution in [-0.2, 0) is 4.79 Å². The van der Waals surface area contributed by atoms with Gasteiger partial charge in [0.25, 0.3) is 0 Å². The maximum absolute atomic E-state index is 13.8. The number of benzene rings is 1. The smallest absolute Gasteiger partial charge is 0.243 e. The lowest BCUT2D eigenvalue weighted by Gasteiger charge is -2.19. The maximum Gasteiger partial charge on any atom is 0.243 e. The Morgan fingerprint density at radius 3 is 2.77 bits per heavy atom. The first-order valence-electron chi connectivity index (χ1n) is 9.55. The minimum absolute atomic E-state index is 0.0905. The number of nitrogens with two attached hydrogens (primary N) is 1. The summed E-state index contributed by atoms with van der Waals surface area (Å²) in [5.74, 6) is -0.425. The Balaban J connectivity index is 1.89. The van der Waals surface area contributed by atoms with E-state index in [0.717, 1.165) is 31.4 Å². The molecule has 0 bridgehead atoms. The molecule has 0 aliphatic heterocycles. The lowest BCUT2D eigenvalue weighted by molar-refractivity contribution is -0.129. The fraction of sp³-hybridized carbons (Fsp3) is 0.400. The first-order chi connectivity index (χ1) is 14.3. The third kappa shape index (κ3) is 6.90. The molecule has 1 amide bonds. The number of hydrogen-bond acceptors (Lipinski definition) is 6. The largest absolute Gasteiger partial charge is 0.482 e. The van der Waals surface area contributed by atoms with Crippen molar-refractivity contribution in [3.63, 3.8) is 0 Å². The molecule has 0 spiro atoms. The van der Waals surface area contributed by atoms with Crippen molar-refractivity contribution in [1.82, 2.24) is 10.5 Å². The first kappa shape index (κ1) is 24.0. The fourth-order valence-corrected chi connectivity index (χ4v) is 3.54. The molecular formula is C20H25Cl2FN4O3. The highest BCUT2D eigenvalue weighted by atomic mass is 35.5. The van der Waals surface area contributed by atoms with Gasteiger partial charge in [-0.1, -0.05) is 36.0 Å². The van der Waals surface area contributed by atoms with Crippen LogP contribution in [0.4, 0.5) is 15.9 Å². The average molecular weight is 459 g/mol. The van der Waals surface area contributed by atoms with Gasteiger partial charge in [-0.05, 0) is 31.9 Å². The zero-order chi connectivity index (χ0) is 22.1. The van der Waals surface area contributed by atoms with Crippen molar-refractivity contribution < 1.29 is 19.1 Å². The molecule has 1 unspecified atom stereocenters. The van der Waals surface area contributed by atoms with Crippen LogP contribution in [0, 0.1) is 5.82 Å². The van der Waals surface area contributed by atoms with E-state index in [1.54, 1.807) is 24.7 Å². The Morgan fingerprint density at radius 1 is 1.30 bits per heavy atom. The standard InChI is InChI=1S/C20H25Cl2FN4O3/c1-12(18-14(21)7-8-15(23)19(18)22)30-16-10-13(11-26-20(16)24)25-9-5-3-2-4-6-17(28)27-29/h7-8,10-12,25,29H,2-6,9H2,1H3,(H2,24,26)(H,27,28). The molecule has 0 aliphatic carbocycles. The average Bonchev–Trinajstić information content (AvgIpc) is 2.72. The van der Waals surface area contributed by atoms with Gasteiger partial charge in [0.05, 0.1) is 16.9 Å². The van der Waals surface area contributed by atoms with E-state index in [2.05, 4.69) is 10.3 Å². The van der Waals surface area contributed by atoms with E-state index < -0.39 is 11.9 Å². The van der Waals surface area contributed by atoms with Gasteiger partial charge < -0.3 is 15.8 Å². The van der Waals surface area contributed by atoms with Crippen LogP contribution >= 0.6 is 23.2 Å². The van der Waals surface area contributed by atoms with E-state index in [4.69, 9.17) is 38.9 Å². The lowest BCUT2D eigenvalue weighted by atomic mass is 10.1. The van der Waals surface area contributed by atoms with Crippen molar-refractivity contribution in [2.24, 2.45) is 0 Å². The molecule has 2 rings (SSSR count). The second kappa shape index (κ2) is 11.8. The van der Waals surface area contributed by atoms with E-state index in [1.807, 2.05) is 0 Å². The molecule has 1 aromatic heterocycles. The van der Waals surface area contributed by atoms with Gasteiger partial charge in [0.1, 0.15) is 11.9 Å². The Kier molecular flexibility index (Phi) is 9.42. The van der Waals surface area contributed by atoms with Crippen LogP contribution in [0.15, 0.2) is 24.4 Å². The van der Waals surface area contributed by atoms with E-state index in [9.17, 15) is 9.18 Å². The van der Waals surface area contributed by atoms with Gasteiger partial charge >= 0.3 is 0 Å². The van der Waals surface area contributed by atoms with Crippen LogP contribution in [0.3, 0.4) is 0 Å². The van der Waals surface area contributed by atoms with Crippen LogP contribution in [-0.4, -0.2) is 22.6 Å². The van der Waals surface area contributed by atoms with Crippen molar-refractivity contribution in [2.75, 3.05) is 17.6 Å². The minimum atomic E-state index is -0.642. The molecule has 1 atom stereocenters. The van der Waals surface area contributed by atoms with Crippen LogP contribution in [0.5, 0.6) is 5.75 Å². The number of carbonyl (C=O) groups is 1. The van der Waals surface area contributed by atoms with E-state index in [-0.39, 0.29) is 16.7 Å². The summed E-state index contributed by atoms with van der Waals surface area (Å²) in [7, 11) is 0. The van der Waals surface area contributed by atoms with Gasteiger partial charge in [0.15, 0.2) is 11.6 Å². The Bertz CT molecular complexity index is 870. The van der Waals surface area contributed by atoms with E-state index >= 15 is 0 Å². The number of hydroxylamine groups is 1. The van der Waals surface area contributed by atoms with Crippen molar-refractivity contribution in [3.05, 3.63) is 45.8 Å². The molecule has 10 heteroatoms. The fourth-order valence-electron chi connectivity index (χ4n) is 2.86. The number of nitrogen functional groups attached to an aromatic ring is 1. The Morgan fingerprint density at radius 2 is 2.03 bits per heavy atom. The summed E-state index contributed by atoms with van der Waals surface area (Å²) in [5.41, 5.74) is 8.59. The number of nitrogens with one attached hydrogen (secondary N) is 2. The van der Waals surface area contributed by atoms with Crippen LogP contribution in [0.1, 0.15) is 50.7 Å². The molecule has 1 heterocycles. The van der Waals surface area contributed by atoms with E-state index in [0.29, 0.717) is 29.3 Å². The number of halogens is 3. The maximum atomic E-state index is 13.8. The predicted molar refractivity (Wildman–Crippen MR) is 116 cm³/mol. The number of pyridine rings is 1. The van der Waals surface area contributed by atoms with Gasteiger partial charge in [-0.3, -0.25) is 10.0 Å². The number of amides is 1. The highest BCUT2D eigenvalue weighted by molar-refractivity contribution is 6.36. The number of hydrogen-bond donors (Lipinski definition) is 4. The molecule has 0 aliphatic rings. The SMILES string of the molecule is CC(Oc1cc(NCCCCCCC(=O)NO)cnc1N)c1c(Cl)ccc(F)c1Cl. The summed E-state index contributed by atoms with van der Waals surface area (Å²) in [6.45, 7) is 2.40. The van der Waals surface area contributed by atoms with Crippen LogP contribution in [0.2, 0.25) is 10.0 Å². The van der Waals surface area contributed by atoms with Gasteiger partial charge in [-0.2, -0.15) is 0 Å². The molecule has 0 saturated heterocycles. The number of unbranched alkanes of at least 4 members (excludes halogenated alkanes) is 3. The molecular weight excluding hydrogens is 434 g/mol. The zero-order valence-electron chi connectivity index (χ0n) is 16.6. The monoisotopic (exact) mass is 458 g/mol. The molecule has 1 aromatic carbocycles. The normalized spacial score (nSPS) is 11.8. The molecule has 164 valence electrons.